The fourth-order valence-corrected chi connectivity index (χ4v) is 2.08. The molecule has 0 aromatic heterocycles. The zero-order valence-electron chi connectivity index (χ0n) is 8.46. The molecule has 0 radical (unpaired) electrons. The van der Waals surface area contributed by atoms with E-state index in [1.54, 1.807) is 18.2 Å². The van der Waals surface area contributed by atoms with Crippen molar-refractivity contribution >= 4 is 10.1 Å². The summed E-state index contributed by atoms with van der Waals surface area (Å²) < 4.78 is 35.2. The van der Waals surface area contributed by atoms with Crippen LogP contribution in [0.1, 0.15) is 11.1 Å². The van der Waals surface area contributed by atoms with Gasteiger partial charge in [0.05, 0.1) is 6.61 Å². The van der Waals surface area contributed by atoms with Gasteiger partial charge in [-0.05, 0) is 17.2 Å². The highest BCUT2D eigenvalue weighted by atomic mass is 32.2. The van der Waals surface area contributed by atoms with E-state index in [1.165, 1.54) is 0 Å². The molecule has 1 atom stereocenters. The van der Waals surface area contributed by atoms with Crippen LogP contribution in [0.2, 0.25) is 0 Å². The summed E-state index contributed by atoms with van der Waals surface area (Å²) in [5.74, 6) is 0.796. The van der Waals surface area contributed by atoms with Gasteiger partial charge in [0.25, 0.3) is 10.1 Å². The number of rotatable bonds is 3. The highest BCUT2D eigenvalue weighted by Gasteiger charge is 2.21. The van der Waals surface area contributed by atoms with Gasteiger partial charge in [0, 0.05) is 12.8 Å². The summed E-state index contributed by atoms with van der Waals surface area (Å²) in [6.45, 7) is 0.625. The highest BCUT2D eigenvalue weighted by Crippen LogP contribution is 2.26. The van der Waals surface area contributed by atoms with Crippen molar-refractivity contribution in [2.45, 2.75) is 18.3 Å². The average Bonchev–Trinajstić information content (AvgIpc) is 2.63. The fourth-order valence-electron chi connectivity index (χ4n) is 1.67. The number of fused-ring (bicyclic) bond motifs is 1. The van der Waals surface area contributed by atoms with E-state index >= 15 is 0 Å². The quantitative estimate of drug-likeness (QED) is 0.750. The minimum absolute atomic E-state index is 0.119. The van der Waals surface area contributed by atoms with Crippen LogP contribution in [0.3, 0.4) is 0 Å². The lowest BCUT2D eigenvalue weighted by molar-refractivity contribution is 0.233. The van der Waals surface area contributed by atoms with E-state index in [9.17, 15) is 13.5 Å². The Morgan fingerprint density at radius 2 is 2.19 bits per heavy atom. The van der Waals surface area contributed by atoms with Crippen LogP contribution < -0.4 is 4.74 Å². The Kier molecular flexibility index (Phi) is 2.88. The monoisotopic (exact) mass is 244 g/mol. The van der Waals surface area contributed by atoms with E-state index in [1.807, 2.05) is 0 Å². The topological polar surface area (TPSA) is 83.8 Å². The molecule has 2 N–H and O–H groups in total. The predicted octanol–water partition coefficient (Wildman–Crippen LogP) is 0.370. The van der Waals surface area contributed by atoms with E-state index < -0.39 is 15.6 Å². The first-order valence-electron chi connectivity index (χ1n) is 4.86. The maximum atomic E-state index is 10.7. The number of benzene rings is 1. The minimum Gasteiger partial charge on any atom is -0.493 e. The summed E-state index contributed by atoms with van der Waals surface area (Å²) in [5, 5.41) is 9.22. The third kappa shape index (κ3) is 2.34. The summed E-state index contributed by atoms with van der Waals surface area (Å²) in [6.07, 6.45) is 0.664. The zero-order chi connectivity index (χ0) is 11.8. The molecule has 1 unspecified atom stereocenters. The smallest absolute Gasteiger partial charge is 0.292 e. The van der Waals surface area contributed by atoms with E-state index in [0.717, 1.165) is 17.7 Å². The van der Waals surface area contributed by atoms with Crippen molar-refractivity contribution < 1.29 is 22.8 Å². The average molecular weight is 244 g/mol. The van der Waals surface area contributed by atoms with Crippen molar-refractivity contribution in [2.24, 2.45) is 0 Å². The molecule has 0 aliphatic carbocycles. The van der Waals surface area contributed by atoms with Crippen molar-refractivity contribution in [1.82, 2.24) is 0 Å². The van der Waals surface area contributed by atoms with E-state index in [-0.39, 0.29) is 6.42 Å². The lowest BCUT2D eigenvalue weighted by Gasteiger charge is -2.08. The first-order chi connectivity index (χ1) is 7.47. The largest absolute Gasteiger partial charge is 0.493 e. The Balaban J connectivity index is 2.17. The van der Waals surface area contributed by atoms with Gasteiger partial charge in [0.1, 0.15) is 5.75 Å². The van der Waals surface area contributed by atoms with Crippen LogP contribution in [-0.4, -0.2) is 30.1 Å². The van der Waals surface area contributed by atoms with E-state index in [4.69, 9.17) is 9.29 Å². The zero-order valence-corrected chi connectivity index (χ0v) is 9.27. The summed E-state index contributed by atoms with van der Waals surface area (Å²) in [4.78, 5) is 0. The van der Waals surface area contributed by atoms with Crippen LogP contribution >= 0.6 is 0 Å². The molecule has 0 bridgehead atoms. The van der Waals surface area contributed by atoms with Crippen LogP contribution in [0.15, 0.2) is 18.2 Å². The summed E-state index contributed by atoms with van der Waals surface area (Å²) in [7, 11) is -4.39. The number of aliphatic hydroxyl groups is 1. The SMILES string of the molecule is O=S(=O)(O)C(O)Cc1ccc2c(c1)CCO2. The number of hydrogen-bond donors (Lipinski definition) is 2. The molecule has 1 aromatic rings. The second-order valence-corrected chi connectivity index (χ2v) is 5.29. The van der Waals surface area contributed by atoms with Gasteiger partial charge in [-0.2, -0.15) is 8.42 Å². The predicted molar refractivity (Wildman–Crippen MR) is 56.9 cm³/mol. The normalized spacial score (nSPS) is 16.6. The Bertz CT molecular complexity index is 494. The molecule has 5 nitrogen and oxygen atoms in total. The third-order valence-corrected chi connectivity index (χ3v) is 3.36. The minimum atomic E-state index is -4.39. The second-order valence-electron chi connectivity index (χ2n) is 3.71. The molecule has 6 heteroatoms. The van der Waals surface area contributed by atoms with Crippen molar-refractivity contribution in [3.8, 4) is 5.75 Å². The van der Waals surface area contributed by atoms with Gasteiger partial charge in [-0.3, -0.25) is 4.55 Å². The third-order valence-electron chi connectivity index (χ3n) is 2.51. The fraction of sp³-hybridized carbons (Fsp3) is 0.400. The van der Waals surface area contributed by atoms with Gasteiger partial charge in [0.15, 0.2) is 5.44 Å². The molecule has 16 heavy (non-hydrogen) atoms. The van der Waals surface area contributed by atoms with Gasteiger partial charge in [-0.15, -0.1) is 0 Å². The first-order valence-corrected chi connectivity index (χ1v) is 6.36. The molecule has 0 saturated carbocycles. The summed E-state index contributed by atoms with van der Waals surface area (Å²) in [6, 6.07) is 5.21. The standard InChI is InChI=1S/C10H12O5S/c11-10(16(12,13)14)6-7-1-2-9-8(5-7)3-4-15-9/h1-2,5,10-11H,3-4,6H2,(H,12,13,14). The van der Waals surface area contributed by atoms with Crippen LogP contribution in [0, 0.1) is 0 Å². The van der Waals surface area contributed by atoms with E-state index in [0.29, 0.717) is 12.2 Å². The number of hydrogen-bond acceptors (Lipinski definition) is 4. The molecular formula is C10H12O5S. The van der Waals surface area contributed by atoms with Gasteiger partial charge in [0.2, 0.25) is 0 Å². The molecule has 1 aliphatic heterocycles. The van der Waals surface area contributed by atoms with Gasteiger partial charge in [-0.1, -0.05) is 12.1 Å². The lowest BCUT2D eigenvalue weighted by atomic mass is 10.1. The maximum Gasteiger partial charge on any atom is 0.292 e. The molecule has 1 heterocycles. The van der Waals surface area contributed by atoms with Gasteiger partial charge in [-0.25, -0.2) is 0 Å². The molecule has 88 valence electrons. The van der Waals surface area contributed by atoms with Crippen LogP contribution in [0.25, 0.3) is 0 Å². The van der Waals surface area contributed by atoms with Crippen molar-refractivity contribution in [1.29, 1.82) is 0 Å². The van der Waals surface area contributed by atoms with Gasteiger partial charge < -0.3 is 9.84 Å². The Labute approximate surface area is 93.4 Å². The molecule has 0 saturated heterocycles. The lowest BCUT2D eigenvalue weighted by Crippen LogP contribution is -2.22. The number of aliphatic hydroxyl groups excluding tert-OH is 1. The van der Waals surface area contributed by atoms with Crippen LogP contribution in [0.5, 0.6) is 5.75 Å². The second kappa shape index (κ2) is 4.04. The van der Waals surface area contributed by atoms with Crippen molar-refractivity contribution in [3.05, 3.63) is 29.3 Å². The molecule has 2 rings (SSSR count). The maximum absolute atomic E-state index is 10.7. The molecule has 0 spiro atoms. The van der Waals surface area contributed by atoms with E-state index in [2.05, 4.69) is 0 Å². The first kappa shape index (κ1) is 11.4. The van der Waals surface area contributed by atoms with Crippen LogP contribution in [0.4, 0.5) is 0 Å². The Morgan fingerprint density at radius 1 is 1.44 bits per heavy atom. The van der Waals surface area contributed by atoms with Gasteiger partial charge >= 0.3 is 0 Å². The summed E-state index contributed by atoms with van der Waals surface area (Å²) in [5.41, 5.74) is -0.109. The van der Waals surface area contributed by atoms with Crippen LogP contribution in [-0.2, 0) is 23.0 Å². The highest BCUT2D eigenvalue weighted by molar-refractivity contribution is 7.86. The molecular weight excluding hydrogens is 232 g/mol. The van der Waals surface area contributed by atoms with Crippen molar-refractivity contribution in [2.75, 3.05) is 6.61 Å². The molecule has 0 amide bonds. The molecule has 0 fully saturated rings. The van der Waals surface area contributed by atoms with Crippen molar-refractivity contribution in [3.63, 3.8) is 0 Å². The number of ether oxygens (including phenoxy) is 1. The Hall–Kier alpha value is -1.11. The summed E-state index contributed by atoms with van der Waals surface area (Å²) >= 11 is 0. The molecule has 1 aliphatic rings. The Morgan fingerprint density at radius 3 is 2.88 bits per heavy atom. The molecule has 1 aromatic carbocycles.